The summed E-state index contributed by atoms with van der Waals surface area (Å²) in [6.45, 7) is 0. The van der Waals surface area contributed by atoms with Gasteiger partial charge in [-0.1, -0.05) is 12.1 Å². The zero-order chi connectivity index (χ0) is 8.55. The van der Waals surface area contributed by atoms with Crippen LogP contribution in [-0.4, -0.2) is 14.9 Å². The number of hydrogen-bond acceptors (Lipinski definition) is 3. The van der Waals surface area contributed by atoms with E-state index in [4.69, 9.17) is 0 Å². The predicted molar refractivity (Wildman–Crippen MR) is 41.0 cm³/mol. The van der Waals surface area contributed by atoms with Gasteiger partial charge >= 0.3 is 0 Å². The normalized spacial score (nSPS) is 10.3. The van der Waals surface area contributed by atoms with Crippen molar-refractivity contribution in [2.24, 2.45) is 0 Å². The highest BCUT2D eigenvalue weighted by Gasteiger charge is 2.09. The second-order valence-corrected chi connectivity index (χ2v) is 2.26. The highest BCUT2D eigenvalue weighted by molar-refractivity contribution is 5.77. The van der Waals surface area contributed by atoms with E-state index in [1.165, 1.54) is 0 Å². The third kappa shape index (κ3) is 0.833. The molecule has 0 spiro atoms. The van der Waals surface area contributed by atoms with Gasteiger partial charge in [0.25, 0.3) is 6.20 Å². The molecule has 0 fully saturated rings. The first kappa shape index (κ1) is 6.78. The monoisotopic (exact) mass is 162 g/mol. The zero-order valence-corrected chi connectivity index (χ0v) is 5.97. The van der Waals surface area contributed by atoms with Crippen LogP contribution in [0, 0.1) is 16.3 Å². The molecule has 5 nitrogen and oxygen atoms in total. The van der Waals surface area contributed by atoms with E-state index >= 15 is 0 Å². The summed E-state index contributed by atoms with van der Waals surface area (Å²) in [6.07, 6.45) is 2.54. The van der Waals surface area contributed by atoms with Crippen LogP contribution in [0.2, 0.25) is 0 Å². The highest BCUT2D eigenvalue weighted by Crippen LogP contribution is 2.10. The summed E-state index contributed by atoms with van der Waals surface area (Å²) < 4.78 is 0. The molecule has 0 saturated heterocycles. The Bertz CT molecular complexity index is 435. The molecule has 0 N–H and O–H groups in total. The number of aromatic nitrogens is 2. The van der Waals surface area contributed by atoms with Crippen LogP contribution in [0.25, 0.3) is 10.9 Å². The Balaban J connectivity index is 2.79. The Labute approximate surface area is 67.3 Å². The Hall–Kier alpha value is -1.91. The fraction of sp³-hybridized carbons (Fsp3) is 0. The van der Waals surface area contributed by atoms with Gasteiger partial charge in [0.2, 0.25) is 0 Å². The fourth-order valence-electron chi connectivity index (χ4n) is 1.02. The molecular weight excluding hydrogens is 158 g/mol. The van der Waals surface area contributed by atoms with Crippen LogP contribution in [0.4, 0.5) is 0 Å². The molecular formula is C7H4N3O2. The van der Waals surface area contributed by atoms with E-state index in [1.807, 2.05) is 0 Å². The lowest BCUT2D eigenvalue weighted by Crippen LogP contribution is -2.09. The number of para-hydroxylation sites is 1. The van der Waals surface area contributed by atoms with Gasteiger partial charge in [-0.2, -0.15) is 0 Å². The van der Waals surface area contributed by atoms with Gasteiger partial charge in [0.1, 0.15) is 5.52 Å². The summed E-state index contributed by atoms with van der Waals surface area (Å²) >= 11 is 0. The van der Waals surface area contributed by atoms with Crippen LogP contribution in [0.1, 0.15) is 0 Å². The molecule has 0 bridgehead atoms. The van der Waals surface area contributed by atoms with Crippen molar-refractivity contribution in [1.29, 1.82) is 0 Å². The van der Waals surface area contributed by atoms with Crippen molar-refractivity contribution < 1.29 is 5.03 Å². The van der Waals surface area contributed by atoms with Crippen LogP contribution < -0.4 is 0 Å². The van der Waals surface area contributed by atoms with Gasteiger partial charge < -0.3 is 10.1 Å². The van der Waals surface area contributed by atoms with Gasteiger partial charge in [-0.3, -0.25) is 0 Å². The fourth-order valence-corrected chi connectivity index (χ4v) is 1.02. The lowest BCUT2D eigenvalue weighted by molar-refractivity contribution is -0.548. The molecule has 0 aliphatic heterocycles. The summed E-state index contributed by atoms with van der Waals surface area (Å²) in [6, 6.07) is 6.85. The van der Waals surface area contributed by atoms with Crippen LogP contribution in [0.15, 0.2) is 24.3 Å². The Morgan fingerprint density at radius 1 is 1.50 bits per heavy atom. The molecule has 5 heteroatoms. The molecule has 1 aromatic carbocycles. The van der Waals surface area contributed by atoms with E-state index in [0.717, 1.165) is 0 Å². The maximum atomic E-state index is 10.4. The first-order valence-corrected chi connectivity index (χ1v) is 3.29. The summed E-state index contributed by atoms with van der Waals surface area (Å²) in [7, 11) is 0. The van der Waals surface area contributed by atoms with E-state index < -0.39 is 5.03 Å². The number of rotatable bonds is 1. The molecule has 59 valence electrons. The smallest absolute Gasteiger partial charge is 0.265 e. The second-order valence-electron chi connectivity index (χ2n) is 2.26. The van der Waals surface area contributed by atoms with Crippen molar-refractivity contribution in [1.82, 2.24) is 9.89 Å². The van der Waals surface area contributed by atoms with Crippen LogP contribution >= 0.6 is 0 Å². The van der Waals surface area contributed by atoms with Crippen molar-refractivity contribution in [2.45, 2.75) is 0 Å². The van der Waals surface area contributed by atoms with E-state index in [0.29, 0.717) is 15.7 Å². The van der Waals surface area contributed by atoms with E-state index in [1.54, 1.807) is 24.3 Å². The third-order valence-corrected chi connectivity index (χ3v) is 1.54. The number of nitro groups is 1. The van der Waals surface area contributed by atoms with E-state index in [2.05, 4.69) is 11.3 Å². The van der Waals surface area contributed by atoms with Crippen LogP contribution in [0.5, 0.6) is 0 Å². The summed E-state index contributed by atoms with van der Waals surface area (Å²) in [5, 5.41) is 13.9. The average Bonchev–Trinajstić information content (AvgIpc) is 2.47. The minimum Gasteiger partial charge on any atom is -0.339 e. The molecule has 1 radical (unpaired) electrons. The van der Waals surface area contributed by atoms with Crippen molar-refractivity contribution in [3.05, 3.63) is 40.6 Å². The Kier molecular flexibility index (Phi) is 1.30. The number of benzene rings is 1. The van der Waals surface area contributed by atoms with Gasteiger partial charge in [0, 0.05) is 4.79 Å². The first-order valence-electron chi connectivity index (χ1n) is 3.29. The Morgan fingerprint density at radius 3 is 3.00 bits per heavy atom. The largest absolute Gasteiger partial charge is 0.339 e. The van der Waals surface area contributed by atoms with E-state index in [-0.39, 0.29) is 0 Å². The molecule has 0 saturated carbocycles. The highest BCUT2D eigenvalue weighted by atomic mass is 16.7. The van der Waals surface area contributed by atoms with Gasteiger partial charge in [0.15, 0.2) is 0 Å². The van der Waals surface area contributed by atoms with Crippen molar-refractivity contribution >= 4 is 10.9 Å². The number of fused-ring (bicyclic) bond motifs is 1. The molecule has 1 heterocycles. The molecule has 12 heavy (non-hydrogen) atoms. The summed E-state index contributed by atoms with van der Waals surface area (Å²) in [5.74, 6) is 0. The van der Waals surface area contributed by atoms with Crippen LogP contribution in [-0.2, 0) is 0 Å². The number of nitrogens with zero attached hydrogens (tertiary/aromatic N) is 3. The van der Waals surface area contributed by atoms with Gasteiger partial charge in [-0.05, 0) is 12.1 Å². The first-order chi connectivity index (χ1) is 5.79. The van der Waals surface area contributed by atoms with Crippen molar-refractivity contribution in [3.8, 4) is 0 Å². The van der Waals surface area contributed by atoms with Gasteiger partial charge in [-0.25, -0.2) is 0 Å². The second kappa shape index (κ2) is 2.30. The number of hydrogen-bond donors (Lipinski definition) is 0. The molecule has 0 atom stereocenters. The molecule has 0 amide bonds. The molecule has 1 aromatic heterocycles. The summed E-state index contributed by atoms with van der Waals surface area (Å²) in [4.78, 5) is 11.1. The standard InChI is InChI=1S/C7H4N3O2/c11-10(12)9-7-4-2-1-3-6(7)5-8-9/h1-4H. The summed E-state index contributed by atoms with van der Waals surface area (Å²) in [5.41, 5.74) is 0.461. The maximum absolute atomic E-state index is 10.4. The molecule has 2 aromatic rings. The molecule has 0 unspecified atom stereocenters. The predicted octanol–water partition coefficient (Wildman–Crippen LogP) is 0.876. The topological polar surface area (TPSA) is 61.0 Å². The maximum Gasteiger partial charge on any atom is 0.265 e. The minimum atomic E-state index is -0.584. The van der Waals surface area contributed by atoms with Gasteiger partial charge in [-0.15, -0.1) is 0 Å². The molecule has 0 aliphatic carbocycles. The average molecular weight is 162 g/mol. The minimum absolute atomic E-state index is 0.461. The van der Waals surface area contributed by atoms with Crippen LogP contribution in [0.3, 0.4) is 0 Å². The zero-order valence-electron chi connectivity index (χ0n) is 5.97. The lowest BCUT2D eigenvalue weighted by atomic mass is 10.3. The Morgan fingerprint density at radius 2 is 2.25 bits per heavy atom. The molecule has 2 rings (SSSR count). The lowest BCUT2D eigenvalue weighted by Gasteiger charge is -1.91. The SMILES string of the molecule is O=[N+]([O-])n1n[c]c2ccccc21. The third-order valence-electron chi connectivity index (χ3n) is 1.54. The van der Waals surface area contributed by atoms with E-state index in [9.17, 15) is 10.1 Å². The van der Waals surface area contributed by atoms with Crippen molar-refractivity contribution in [2.75, 3.05) is 0 Å². The molecule has 0 aliphatic rings. The van der Waals surface area contributed by atoms with Gasteiger partial charge in [0.05, 0.1) is 15.5 Å². The van der Waals surface area contributed by atoms with Crippen molar-refractivity contribution in [3.63, 3.8) is 0 Å². The quantitative estimate of drug-likeness (QED) is 0.461.